The fourth-order valence-electron chi connectivity index (χ4n) is 2.19. The predicted molar refractivity (Wildman–Crippen MR) is 65.2 cm³/mol. The molecule has 1 aliphatic carbocycles. The molecule has 16 heavy (non-hydrogen) atoms. The molecular weight excluding hydrogens is 250 g/mol. The van der Waals surface area contributed by atoms with E-state index in [0.29, 0.717) is 12.3 Å². The fourth-order valence-corrected chi connectivity index (χ4v) is 4.25. The van der Waals surface area contributed by atoms with Crippen molar-refractivity contribution >= 4 is 21.6 Å². The van der Waals surface area contributed by atoms with Gasteiger partial charge in [-0.25, -0.2) is 8.42 Å². The maximum Gasteiger partial charge on any atom is 0.214 e. The summed E-state index contributed by atoms with van der Waals surface area (Å²) in [5.74, 6) is 0.448. The number of sulfonamides is 1. The average Bonchev–Trinajstić information content (AvgIpc) is 2.76. The topological polar surface area (TPSA) is 57.6 Å². The van der Waals surface area contributed by atoms with Crippen molar-refractivity contribution in [2.45, 2.75) is 38.1 Å². The quantitative estimate of drug-likeness (QED) is 0.706. The molecule has 1 N–H and O–H groups in total. The van der Waals surface area contributed by atoms with Gasteiger partial charge < -0.3 is 5.11 Å². The molecule has 96 valence electrons. The number of hydrogen-bond acceptors (Lipinski definition) is 3. The summed E-state index contributed by atoms with van der Waals surface area (Å²) in [5, 5.41) is 8.95. The molecule has 0 saturated heterocycles. The van der Waals surface area contributed by atoms with Gasteiger partial charge in [-0.1, -0.05) is 12.8 Å². The van der Waals surface area contributed by atoms with Gasteiger partial charge in [0.1, 0.15) is 0 Å². The van der Waals surface area contributed by atoms with Gasteiger partial charge in [0.25, 0.3) is 0 Å². The molecule has 1 fully saturated rings. The highest BCUT2D eigenvalue weighted by Gasteiger charge is 2.30. The predicted octanol–water partition coefficient (Wildman–Crippen LogP) is 1.18. The smallest absolute Gasteiger partial charge is 0.214 e. The molecule has 0 unspecified atom stereocenters. The molecule has 0 spiro atoms. The molecule has 0 radical (unpaired) electrons. The van der Waals surface area contributed by atoms with Crippen LogP contribution in [-0.2, 0) is 10.0 Å². The van der Waals surface area contributed by atoms with E-state index in [1.807, 2.05) is 0 Å². The maximum atomic E-state index is 12.0. The number of aliphatic hydroxyl groups is 1. The second-order valence-electron chi connectivity index (χ2n) is 4.13. The number of hydrogen-bond donors (Lipinski definition) is 1. The zero-order valence-electron chi connectivity index (χ0n) is 9.44. The van der Waals surface area contributed by atoms with Crippen molar-refractivity contribution < 1.29 is 13.5 Å². The highest BCUT2D eigenvalue weighted by atomic mass is 35.5. The molecule has 6 heteroatoms. The molecule has 0 bridgehead atoms. The van der Waals surface area contributed by atoms with E-state index < -0.39 is 10.0 Å². The van der Waals surface area contributed by atoms with Gasteiger partial charge in [0.05, 0.1) is 12.4 Å². The summed E-state index contributed by atoms with van der Waals surface area (Å²) in [6, 6.07) is 0.0903. The van der Waals surface area contributed by atoms with E-state index in [2.05, 4.69) is 0 Å². The number of alkyl halides is 1. The van der Waals surface area contributed by atoms with Crippen LogP contribution in [0, 0.1) is 0 Å². The van der Waals surface area contributed by atoms with Crippen molar-refractivity contribution in [1.82, 2.24) is 4.31 Å². The van der Waals surface area contributed by atoms with Crippen LogP contribution in [0.3, 0.4) is 0 Å². The second-order valence-corrected chi connectivity index (χ2v) is 6.55. The minimum Gasteiger partial charge on any atom is -0.395 e. The Bertz CT molecular complexity index is 288. The number of nitrogens with zero attached hydrogens (tertiary/aromatic N) is 1. The molecule has 4 nitrogen and oxygen atoms in total. The Balaban J connectivity index is 2.67. The summed E-state index contributed by atoms with van der Waals surface area (Å²) in [5.41, 5.74) is 0. The normalized spacial score (nSPS) is 18.4. The Morgan fingerprint density at radius 3 is 2.44 bits per heavy atom. The SMILES string of the molecule is O=S(=O)(CCCCl)N(CCO)C1CCCC1. The number of halogens is 1. The van der Waals surface area contributed by atoms with Crippen LogP contribution in [0.5, 0.6) is 0 Å². The first-order chi connectivity index (χ1) is 7.61. The molecule has 0 amide bonds. The second kappa shape index (κ2) is 6.79. The lowest BCUT2D eigenvalue weighted by molar-refractivity contribution is 0.226. The lowest BCUT2D eigenvalue weighted by Gasteiger charge is -2.27. The van der Waals surface area contributed by atoms with Crippen LogP contribution >= 0.6 is 11.6 Å². The van der Waals surface area contributed by atoms with E-state index >= 15 is 0 Å². The van der Waals surface area contributed by atoms with E-state index in [4.69, 9.17) is 16.7 Å². The fraction of sp³-hybridized carbons (Fsp3) is 1.00. The molecule has 1 rings (SSSR count). The molecule has 0 heterocycles. The minimum absolute atomic E-state index is 0.0903. The number of rotatable bonds is 7. The molecule has 0 aromatic rings. The van der Waals surface area contributed by atoms with E-state index in [0.717, 1.165) is 25.7 Å². The van der Waals surface area contributed by atoms with Gasteiger partial charge in [0.2, 0.25) is 10.0 Å². The third kappa shape index (κ3) is 3.87. The van der Waals surface area contributed by atoms with Crippen LogP contribution in [0.2, 0.25) is 0 Å². The molecule has 0 atom stereocenters. The third-order valence-corrected chi connectivity index (χ3v) is 5.21. The van der Waals surface area contributed by atoms with E-state index in [-0.39, 0.29) is 24.9 Å². The van der Waals surface area contributed by atoms with Crippen molar-refractivity contribution in [2.24, 2.45) is 0 Å². The zero-order chi connectivity index (χ0) is 12.0. The summed E-state index contributed by atoms with van der Waals surface area (Å²) in [6.07, 6.45) is 4.47. The van der Waals surface area contributed by atoms with Gasteiger partial charge in [0, 0.05) is 18.5 Å². The summed E-state index contributed by atoms with van der Waals surface area (Å²) >= 11 is 5.52. The van der Waals surface area contributed by atoms with Crippen LogP contribution < -0.4 is 0 Å². The van der Waals surface area contributed by atoms with Gasteiger partial charge >= 0.3 is 0 Å². The Kier molecular flexibility index (Phi) is 6.03. The first-order valence-corrected chi connectivity index (χ1v) is 7.92. The summed E-state index contributed by atoms with van der Waals surface area (Å²) < 4.78 is 25.5. The Morgan fingerprint density at radius 2 is 1.94 bits per heavy atom. The van der Waals surface area contributed by atoms with Crippen molar-refractivity contribution in [3.05, 3.63) is 0 Å². The van der Waals surface area contributed by atoms with E-state index in [9.17, 15) is 8.42 Å². The van der Waals surface area contributed by atoms with Gasteiger partial charge in [-0.05, 0) is 19.3 Å². The molecule has 0 aromatic carbocycles. The molecule has 0 aliphatic heterocycles. The molecule has 0 aromatic heterocycles. The van der Waals surface area contributed by atoms with E-state index in [1.165, 1.54) is 4.31 Å². The molecule has 1 aliphatic rings. The number of aliphatic hydroxyl groups excluding tert-OH is 1. The Morgan fingerprint density at radius 1 is 1.31 bits per heavy atom. The lowest BCUT2D eigenvalue weighted by atomic mass is 10.2. The molecular formula is C10H20ClNO3S. The first kappa shape index (κ1) is 14.2. The standard InChI is InChI=1S/C10H20ClNO3S/c11-6-3-9-16(14,15)12(7-8-13)10-4-1-2-5-10/h10,13H,1-9H2. The summed E-state index contributed by atoms with van der Waals surface area (Å²) in [4.78, 5) is 0. The monoisotopic (exact) mass is 269 g/mol. The van der Waals surface area contributed by atoms with Gasteiger partial charge in [-0.3, -0.25) is 0 Å². The first-order valence-electron chi connectivity index (χ1n) is 5.78. The highest BCUT2D eigenvalue weighted by molar-refractivity contribution is 7.89. The van der Waals surface area contributed by atoms with Crippen molar-refractivity contribution in [3.8, 4) is 0 Å². The zero-order valence-corrected chi connectivity index (χ0v) is 11.0. The highest BCUT2D eigenvalue weighted by Crippen LogP contribution is 2.25. The van der Waals surface area contributed by atoms with Crippen molar-refractivity contribution in [1.29, 1.82) is 0 Å². The van der Waals surface area contributed by atoms with Crippen LogP contribution in [0.1, 0.15) is 32.1 Å². The lowest BCUT2D eigenvalue weighted by Crippen LogP contribution is -2.42. The van der Waals surface area contributed by atoms with Crippen LogP contribution in [0.15, 0.2) is 0 Å². The maximum absolute atomic E-state index is 12.0. The van der Waals surface area contributed by atoms with Gasteiger partial charge in [0.15, 0.2) is 0 Å². The van der Waals surface area contributed by atoms with Crippen LogP contribution in [0.4, 0.5) is 0 Å². The Labute approximate surface area is 103 Å². The van der Waals surface area contributed by atoms with Crippen molar-refractivity contribution in [2.75, 3.05) is 24.8 Å². The van der Waals surface area contributed by atoms with Crippen LogP contribution in [0.25, 0.3) is 0 Å². The molecule has 1 saturated carbocycles. The third-order valence-electron chi connectivity index (χ3n) is 2.95. The van der Waals surface area contributed by atoms with Crippen LogP contribution in [-0.4, -0.2) is 48.7 Å². The summed E-state index contributed by atoms with van der Waals surface area (Å²) in [6.45, 7) is 0.103. The van der Waals surface area contributed by atoms with Gasteiger partial charge in [-0.15, -0.1) is 11.6 Å². The largest absolute Gasteiger partial charge is 0.395 e. The van der Waals surface area contributed by atoms with Crippen molar-refractivity contribution in [3.63, 3.8) is 0 Å². The minimum atomic E-state index is -3.24. The average molecular weight is 270 g/mol. The summed E-state index contributed by atoms with van der Waals surface area (Å²) in [7, 11) is -3.24. The Hall–Kier alpha value is 0.160. The van der Waals surface area contributed by atoms with Gasteiger partial charge in [-0.2, -0.15) is 4.31 Å². The van der Waals surface area contributed by atoms with E-state index in [1.54, 1.807) is 0 Å².